The predicted molar refractivity (Wildman–Crippen MR) is 279 cm³/mol. The summed E-state index contributed by atoms with van der Waals surface area (Å²) in [6, 6.07) is 85.4. The first-order valence-electron chi connectivity index (χ1n) is 22.9. The normalized spacial score (nSPS) is 11.5. The molecule has 10 aromatic carbocycles. The average Bonchev–Trinajstić information content (AvgIpc) is 3.96. The second-order valence-corrected chi connectivity index (χ2v) is 17.2. The fourth-order valence-corrected chi connectivity index (χ4v) is 9.71. The summed E-state index contributed by atoms with van der Waals surface area (Å²) in [5.74, 6) is 1.87. The third-order valence-electron chi connectivity index (χ3n) is 13.1. The Morgan fingerprint density at radius 3 is 1.35 bits per heavy atom. The van der Waals surface area contributed by atoms with Crippen LogP contribution in [0.15, 0.2) is 247 Å². The molecule has 0 bridgehead atoms. The Balaban J connectivity index is 0.977. The molecule has 3 aromatic heterocycles. The van der Waals surface area contributed by atoms with Crippen LogP contribution in [0.4, 0.5) is 0 Å². The van der Waals surface area contributed by atoms with Gasteiger partial charge in [-0.2, -0.15) is 0 Å². The van der Waals surface area contributed by atoms with E-state index in [2.05, 4.69) is 199 Å². The van der Waals surface area contributed by atoms with Gasteiger partial charge in [-0.3, -0.25) is 0 Å². The molecule has 0 amide bonds. The number of furan rings is 1. The van der Waals surface area contributed by atoms with Crippen molar-refractivity contribution in [3.8, 4) is 84.4 Å². The standard InChI is InChI=1S/C63H40N4O/c1-5-15-41(16-6-1)43-25-29-47(30-26-43)62-64-61(46-21-11-4-12-22-46)65-63(66-62)48-31-27-44(28-32-48)50-38-54(45-19-9-3-10-20-45)60-55-37-49(42-17-7-2-8-18-42)33-36-56(55)67(57(60)39-50)51-34-35-53-52-23-13-14-24-58(52)68-59(53)40-51/h1-40H. The summed E-state index contributed by atoms with van der Waals surface area (Å²) < 4.78 is 8.89. The highest BCUT2D eigenvalue weighted by Crippen LogP contribution is 2.44. The van der Waals surface area contributed by atoms with E-state index in [1.807, 2.05) is 48.5 Å². The maximum Gasteiger partial charge on any atom is 0.164 e. The summed E-state index contributed by atoms with van der Waals surface area (Å²) in [6.07, 6.45) is 0. The zero-order valence-electron chi connectivity index (χ0n) is 36.8. The molecule has 5 nitrogen and oxygen atoms in total. The Labute approximate surface area is 392 Å². The van der Waals surface area contributed by atoms with E-state index in [1.54, 1.807) is 0 Å². The van der Waals surface area contributed by atoms with Crippen molar-refractivity contribution in [1.82, 2.24) is 19.5 Å². The van der Waals surface area contributed by atoms with Gasteiger partial charge in [0.25, 0.3) is 0 Å². The second kappa shape index (κ2) is 16.4. The van der Waals surface area contributed by atoms with Gasteiger partial charge in [0.1, 0.15) is 11.2 Å². The van der Waals surface area contributed by atoms with Crippen LogP contribution in [0.25, 0.3) is 128 Å². The molecule has 0 aliphatic carbocycles. The van der Waals surface area contributed by atoms with Crippen molar-refractivity contribution >= 4 is 43.7 Å². The zero-order chi connectivity index (χ0) is 45.0. The highest BCUT2D eigenvalue weighted by atomic mass is 16.3. The summed E-state index contributed by atoms with van der Waals surface area (Å²) >= 11 is 0. The molecule has 0 saturated carbocycles. The van der Waals surface area contributed by atoms with Crippen LogP contribution in [0.2, 0.25) is 0 Å². The van der Waals surface area contributed by atoms with Crippen LogP contribution in [0.3, 0.4) is 0 Å². The van der Waals surface area contributed by atoms with Gasteiger partial charge < -0.3 is 8.98 Å². The third-order valence-corrected chi connectivity index (χ3v) is 13.1. The number of rotatable bonds is 8. The molecule has 0 spiro atoms. The lowest BCUT2D eigenvalue weighted by atomic mass is 9.93. The van der Waals surface area contributed by atoms with Gasteiger partial charge in [-0.25, -0.2) is 15.0 Å². The number of hydrogen-bond acceptors (Lipinski definition) is 4. The summed E-state index contributed by atoms with van der Waals surface area (Å²) in [6.45, 7) is 0. The van der Waals surface area contributed by atoms with Crippen LogP contribution in [0.5, 0.6) is 0 Å². The van der Waals surface area contributed by atoms with Gasteiger partial charge in [-0.15, -0.1) is 0 Å². The minimum atomic E-state index is 0.614. The Hall–Kier alpha value is -9.19. The zero-order valence-corrected chi connectivity index (χ0v) is 36.8. The van der Waals surface area contributed by atoms with Crippen molar-refractivity contribution in [2.24, 2.45) is 0 Å². The van der Waals surface area contributed by atoms with Crippen molar-refractivity contribution in [2.75, 3.05) is 0 Å². The lowest BCUT2D eigenvalue weighted by molar-refractivity contribution is 0.668. The molecule has 13 aromatic rings. The molecule has 0 aliphatic rings. The van der Waals surface area contributed by atoms with E-state index in [4.69, 9.17) is 19.4 Å². The van der Waals surface area contributed by atoms with Crippen LogP contribution in [0, 0.1) is 0 Å². The maximum atomic E-state index is 6.48. The number of nitrogens with zero attached hydrogens (tertiary/aromatic N) is 4. The van der Waals surface area contributed by atoms with Crippen LogP contribution in [-0.2, 0) is 0 Å². The van der Waals surface area contributed by atoms with Crippen LogP contribution < -0.4 is 0 Å². The first-order chi connectivity index (χ1) is 33.7. The van der Waals surface area contributed by atoms with E-state index in [0.29, 0.717) is 17.5 Å². The minimum absolute atomic E-state index is 0.614. The van der Waals surface area contributed by atoms with E-state index < -0.39 is 0 Å². The van der Waals surface area contributed by atoms with Gasteiger partial charge >= 0.3 is 0 Å². The molecule has 0 fully saturated rings. The summed E-state index contributed by atoms with van der Waals surface area (Å²) in [7, 11) is 0. The van der Waals surface area contributed by atoms with Crippen LogP contribution in [0.1, 0.15) is 0 Å². The number of para-hydroxylation sites is 1. The minimum Gasteiger partial charge on any atom is -0.456 e. The number of hydrogen-bond donors (Lipinski definition) is 0. The SMILES string of the molecule is c1ccc(-c2ccc(-c3nc(-c4ccccc4)nc(-c4ccc(-c5cc(-c6ccccc6)c6c7cc(-c8ccccc8)ccc7n(-c7ccc8c(c7)oc7ccccc78)c6c5)cc4)n3)cc2)cc1. The van der Waals surface area contributed by atoms with Gasteiger partial charge in [0.2, 0.25) is 0 Å². The topological polar surface area (TPSA) is 56.7 Å². The lowest BCUT2D eigenvalue weighted by Gasteiger charge is -2.13. The van der Waals surface area contributed by atoms with Gasteiger partial charge in [-0.1, -0.05) is 194 Å². The van der Waals surface area contributed by atoms with Gasteiger partial charge in [0.15, 0.2) is 17.5 Å². The van der Waals surface area contributed by atoms with Crippen molar-refractivity contribution in [1.29, 1.82) is 0 Å². The molecule has 0 saturated heterocycles. The van der Waals surface area contributed by atoms with E-state index >= 15 is 0 Å². The molecular formula is C63H40N4O. The summed E-state index contributed by atoms with van der Waals surface area (Å²) in [5.41, 5.74) is 16.9. The van der Waals surface area contributed by atoms with E-state index in [9.17, 15) is 0 Å². The highest BCUT2D eigenvalue weighted by molar-refractivity contribution is 6.18. The summed E-state index contributed by atoms with van der Waals surface area (Å²) in [5, 5.41) is 4.59. The lowest BCUT2D eigenvalue weighted by Crippen LogP contribution is -2.00. The molecule has 5 heteroatoms. The van der Waals surface area contributed by atoms with Crippen LogP contribution >= 0.6 is 0 Å². The average molecular weight is 869 g/mol. The summed E-state index contributed by atoms with van der Waals surface area (Å²) in [4.78, 5) is 15.2. The number of benzene rings is 10. The Bertz CT molecular complexity index is 3970. The second-order valence-electron chi connectivity index (χ2n) is 17.2. The van der Waals surface area contributed by atoms with Crippen molar-refractivity contribution < 1.29 is 4.42 Å². The fourth-order valence-electron chi connectivity index (χ4n) is 9.71. The van der Waals surface area contributed by atoms with Gasteiger partial charge in [0.05, 0.1) is 11.0 Å². The Morgan fingerprint density at radius 2 is 0.735 bits per heavy atom. The molecule has 0 unspecified atom stereocenters. The first-order valence-corrected chi connectivity index (χ1v) is 22.9. The quantitative estimate of drug-likeness (QED) is 0.153. The van der Waals surface area contributed by atoms with E-state index in [-0.39, 0.29) is 0 Å². The molecule has 0 N–H and O–H groups in total. The molecule has 13 rings (SSSR count). The molecule has 68 heavy (non-hydrogen) atoms. The maximum absolute atomic E-state index is 6.48. The van der Waals surface area contributed by atoms with Crippen LogP contribution in [-0.4, -0.2) is 19.5 Å². The largest absolute Gasteiger partial charge is 0.456 e. The smallest absolute Gasteiger partial charge is 0.164 e. The molecule has 0 radical (unpaired) electrons. The molecule has 318 valence electrons. The number of aromatic nitrogens is 4. The third kappa shape index (κ3) is 6.93. The Kier molecular flexibility index (Phi) is 9.43. The van der Waals surface area contributed by atoms with Gasteiger partial charge in [-0.05, 0) is 87.0 Å². The predicted octanol–water partition coefficient (Wildman–Crippen LogP) is 16.5. The van der Waals surface area contributed by atoms with Gasteiger partial charge in [0, 0.05) is 50.0 Å². The first kappa shape index (κ1) is 39.2. The van der Waals surface area contributed by atoms with E-state index in [1.165, 1.54) is 27.5 Å². The molecular weight excluding hydrogens is 829 g/mol. The van der Waals surface area contributed by atoms with Crippen molar-refractivity contribution in [3.05, 3.63) is 243 Å². The molecule has 0 aliphatic heterocycles. The molecule has 0 atom stereocenters. The fraction of sp³-hybridized carbons (Fsp3) is 0. The monoisotopic (exact) mass is 868 g/mol. The highest BCUT2D eigenvalue weighted by Gasteiger charge is 2.21. The van der Waals surface area contributed by atoms with E-state index in [0.717, 1.165) is 83.2 Å². The molecule has 3 heterocycles. The Morgan fingerprint density at radius 1 is 0.279 bits per heavy atom. The number of fused-ring (bicyclic) bond motifs is 6. The van der Waals surface area contributed by atoms with Crippen molar-refractivity contribution in [2.45, 2.75) is 0 Å². The van der Waals surface area contributed by atoms with Crippen molar-refractivity contribution in [3.63, 3.8) is 0 Å².